The van der Waals surface area contributed by atoms with Gasteiger partial charge in [0.15, 0.2) is 11.7 Å². The number of hydrogen-bond donors (Lipinski definition) is 3. The molecule has 0 aliphatic heterocycles. The van der Waals surface area contributed by atoms with Crippen molar-refractivity contribution in [1.29, 1.82) is 0 Å². The van der Waals surface area contributed by atoms with Crippen LogP contribution in [0.1, 0.15) is 35.7 Å². The summed E-state index contributed by atoms with van der Waals surface area (Å²) in [5, 5.41) is 3.05. The molecule has 0 aliphatic carbocycles. The number of carbonyl (C=O) groups is 2. The molecular weight excluding hydrogens is 506 g/mol. The van der Waals surface area contributed by atoms with Gasteiger partial charge in [-0.15, -0.1) is 0 Å². The van der Waals surface area contributed by atoms with E-state index in [1.165, 1.54) is 0 Å². The summed E-state index contributed by atoms with van der Waals surface area (Å²) in [5.74, 6) is 0.274. The van der Waals surface area contributed by atoms with Crippen LogP contribution in [0.4, 0.5) is 0 Å². The molecule has 0 aliphatic rings. The second-order valence-corrected chi connectivity index (χ2v) is 8.17. The summed E-state index contributed by atoms with van der Waals surface area (Å²) in [4.78, 5) is 24.2. The summed E-state index contributed by atoms with van der Waals surface area (Å²) in [6.07, 6.45) is 1.98. The highest BCUT2D eigenvalue weighted by Crippen LogP contribution is 2.26. The van der Waals surface area contributed by atoms with Crippen LogP contribution >= 0.6 is 39.7 Å². The van der Waals surface area contributed by atoms with Gasteiger partial charge in [0.05, 0.1) is 11.1 Å². The van der Waals surface area contributed by atoms with Gasteiger partial charge in [-0.05, 0) is 83.5 Å². The zero-order valence-corrected chi connectivity index (χ0v) is 20.2. The fraction of sp³-hybridized carbons (Fsp3) is 0.286. The molecule has 0 bridgehead atoms. The zero-order chi connectivity index (χ0) is 22.8. The van der Waals surface area contributed by atoms with Crippen LogP contribution < -0.4 is 25.6 Å². The van der Waals surface area contributed by atoms with Crippen molar-refractivity contribution in [3.05, 3.63) is 57.0 Å². The molecule has 2 amide bonds. The molecule has 7 nitrogen and oxygen atoms in total. The van der Waals surface area contributed by atoms with Crippen molar-refractivity contribution < 1.29 is 19.1 Å². The second-order valence-electron chi connectivity index (χ2n) is 6.50. The van der Waals surface area contributed by atoms with Gasteiger partial charge in [0.1, 0.15) is 11.5 Å². The molecule has 166 valence electrons. The SMILES string of the molecule is CCCCOc1ccc(C(=O)NC(=S)NNC(=O)COc2ccc(Cl)c(C)c2)cc1Br. The molecule has 0 fully saturated rings. The Hall–Kier alpha value is -2.36. The van der Waals surface area contributed by atoms with Crippen molar-refractivity contribution in [3.8, 4) is 11.5 Å². The maximum atomic E-state index is 12.3. The van der Waals surface area contributed by atoms with Gasteiger partial charge >= 0.3 is 0 Å². The molecule has 3 N–H and O–H groups in total. The van der Waals surface area contributed by atoms with Gasteiger partial charge in [-0.3, -0.25) is 25.8 Å². The Labute approximate surface area is 199 Å². The Morgan fingerprint density at radius 2 is 1.90 bits per heavy atom. The number of ether oxygens (including phenoxy) is 2. The van der Waals surface area contributed by atoms with Gasteiger partial charge in [0, 0.05) is 10.6 Å². The average Bonchev–Trinajstić information content (AvgIpc) is 2.74. The molecule has 0 atom stereocenters. The number of amides is 2. The van der Waals surface area contributed by atoms with E-state index < -0.39 is 11.8 Å². The molecule has 2 rings (SSSR count). The van der Waals surface area contributed by atoms with Crippen LogP contribution in [0.15, 0.2) is 40.9 Å². The molecule has 0 saturated carbocycles. The second kappa shape index (κ2) is 12.5. The van der Waals surface area contributed by atoms with E-state index in [4.69, 9.17) is 33.3 Å². The predicted octanol–water partition coefficient (Wildman–Crippen LogP) is 4.30. The Bertz CT molecular complexity index is 958. The molecule has 0 saturated heterocycles. The van der Waals surface area contributed by atoms with Crippen LogP contribution in [-0.4, -0.2) is 30.1 Å². The maximum absolute atomic E-state index is 12.3. The maximum Gasteiger partial charge on any atom is 0.276 e. The lowest BCUT2D eigenvalue weighted by Crippen LogP contribution is -2.49. The molecule has 0 heterocycles. The van der Waals surface area contributed by atoms with E-state index in [0.717, 1.165) is 18.4 Å². The predicted molar refractivity (Wildman–Crippen MR) is 128 cm³/mol. The third-order valence-electron chi connectivity index (χ3n) is 3.99. The van der Waals surface area contributed by atoms with E-state index in [0.29, 0.717) is 33.2 Å². The van der Waals surface area contributed by atoms with E-state index in [-0.39, 0.29) is 11.7 Å². The molecule has 0 aromatic heterocycles. The first kappa shape index (κ1) is 24.9. The standard InChI is InChI=1S/C21H23BrClN3O4S/c1-3-4-9-29-18-8-5-14(11-16(18)22)20(28)24-21(31)26-25-19(27)12-30-15-6-7-17(23)13(2)10-15/h5-8,10-11H,3-4,9,12H2,1-2H3,(H,25,27)(H2,24,26,28,31). The summed E-state index contributed by atoms with van der Waals surface area (Å²) in [6, 6.07) is 10.1. The van der Waals surface area contributed by atoms with Crippen molar-refractivity contribution in [3.63, 3.8) is 0 Å². The van der Waals surface area contributed by atoms with E-state index in [1.807, 2.05) is 6.92 Å². The molecule has 0 unspecified atom stereocenters. The third kappa shape index (κ3) is 8.35. The van der Waals surface area contributed by atoms with Crippen LogP contribution in [0, 0.1) is 6.92 Å². The smallest absolute Gasteiger partial charge is 0.276 e. The third-order valence-corrected chi connectivity index (χ3v) is 5.24. The highest BCUT2D eigenvalue weighted by Gasteiger charge is 2.12. The Morgan fingerprint density at radius 3 is 2.58 bits per heavy atom. The van der Waals surface area contributed by atoms with E-state index in [2.05, 4.69) is 39.0 Å². The van der Waals surface area contributed by atoms with Crippen LogP contribution in [0.2, 0.25) is 5.02 Å². The molecule has 10 heteroatoms. The minimum Gasteiger partial charge on any atom is -0.492 e. The first-order chi connectivity index (χ1) is 14.8. The molecule has 2 aromatic carbocycles. The average molecular weight is 529 g/mol. The molecule has 2 aromatic rings. The molecule has 31 heavy (non-hydrogen) atoms. The molecule has 0 radical (unpaired) electrons. The molecular formula is C21H23BrClN3O4S. The van der Waals surface area contributed by atoms with Gasteiger partial charge in [-0.2, -0.15) is 0 Å². The Balaban J connectivity index is 1.77. The van der Waals surface area contributed by atoms with Crippen LogP contribution in [0.5, 0.6) is 11.5 Å². The van der Waals surface area contributed by atoms with Crippen molar-refractivity contribution in [2.45, 2.75) is 26.7 Å². The Kier molecular flexibility index (Phi) is 10.0. The number of rotatable bonds is 8. The van der Waals surface area contributed by atoms with E-state index in [1.54, 1.807) is 36.4 Å². The Morgan fingerprint density at radius 1 is 1.13 bits per heavy atom. The fourth-order valence-corrected chi connectivity index (χ4v) is 3.07. The van der Waals surface area contributed by atoms with Crippen molar-refractivity contribution in [1.82, 2.24) is 16.2 Å². The zero-order valence-electron chi connectivity index (χ0n) is 17.1. The number of nitrogens with one attached hydrogen (secondary N) is 3. The van der Waals surface area contributed by atoms with Gasteiger partial charge in [-0.1, -0.05) is 24.9 Å². The largest absolute Gasteiger partial charge is 0.492 e. The number of thiocarbonyl (C=S) groups is 1. The fourth-order valence-electron chi connectivity index (χ4n) is 2.31. The van der Waals surface area contributed by atoms with Crippen molar-refractivity contribution in [2.75, 3.05) is 13.2 Å². The summed E-state index contributed by atoms with van der Waals surface area (Å²) >= 11 is 14.4. The number of carbonyl (C=O) groups excluding carboxylic acids is 2. The number of hydrazine groups is 1. The van der Waals surface area contributed by atoms with Crippen LogP contribution in [-0.2, 0) is 4.79 Å². The normalized spacial score (nSPS) is 10.2. The minimum absolute atomic E-state index is 0.0555. The summed E-state index contributed by atoms with van der Waals surface area (Å²) in [5.41, 5.74) is 6.04. The lowest BCUT2D eigenvalue weighted by Gasteiger charge is -2.12. The topological polar surface area (TPSA) is 88.7 Å². The summed E-state index contributed by atoms with van der Waals surface area (Å²) in [7, 11) is 0. The monoisotopic (exact) mass is 527 g/mol. The van der Waals surface area contributed by atoms with Gasteiger partial charge < -0.3 is 9.47 Å². The summed E-state index contributed by atoms with van der Waals surface area (Å²) in [6.45, 7) is 4.29. The molecule has 0 spiro atoms. The van der Waals surface area contributed by atoms with Gasteiger partial charge in [0.25, 0.3) is 11.8 Å². The highest BCUT2D eigenvalue weighted by atomic mass is 79.9. The van der Waals surface area contributed by atoms with Gasteiger partial charge in [-0.25, -0.2) is 0 Å². The van der Waals surface area contributed by atoms with Crippen LogP contribution in [0.25, 0.3) is 0 Å². The number of halogens is 2. The van der Waals surface area contributed by atoms with E-state index >= 15 is 0 Å². The lowest BCUT2D eigenvalue weighted by molar-refractivity contribution is -0.123. The van der Waals surface area contributed by atoms with Crippen molar-refractivity contribution in [2.24, 2.45) is 0 Å². The highest BCUT2D eigenvalue weighted by molar-refractivity contribution is 9.10. The minimum atomic E-state index is -0.472. The number of hydrogen-bond acceptors (Lipinski definition) is 5. The first-order valence-electron chi connectivity index (χ1n) is 9.51. The number of benzene rings is 2. The number of unbranched alkanes of at least 4 members (excludes halogenated alkanes) is 1. The lowest BCUT2D eigenvalue weighted by atomic mass is 10.2. The summed E-state index contributed by atoms with van der Waals surface area (Å²) < 4.78 is 11.7. The van der Waals surface area contributed by atoms with Gasteiger partial charge in [0.2, 0.25) is 0 Å². The van der Waals surface area contributed by atoms with E-state index in [9.17, 15) is 9.59 Å². The van der Waals surface area contributed by atoms with Crippen LogP contribution in [0.3, 0.4) is 0 Å². The quantitative estimate of drug-likeness (QED) is 0.269. The van der Waals surface area contributed by atoms with Crippen molar-refractivity contribution >= 4 is 56.7 Å². The number of aryl methyl sites for hydroxylation is 1. The first-order valence-corrected chi connectivity index (χ1v) is 11.1.